The molecule has 20 heavy (non-hydrogen) atoms. The second kappa shape index (κ2) is 6.42. The second-order valence-electron chi connectivity index (χ2n) is 5.09. The van der Waals surface area contributed by atoms with Crippen LogP contribution in [0.15, 0.2) is 18.2 Å². The number of hydrogen-bond donors (Lipinski definition) is 1. The number of terminal acetylenes is 1. The molecule has 1 amide bonds. The maximum Gasteiger partial charge on any atom is 0.251 e. The molecule has 0 radical (unpaired) electrons. The van der Waals surface area contributed by atoms with Gasteiger partial charge in [0.15, 0.2) is 11.6 Å². The van der Waals surface area contributed by atoms with Crippen molar-refractivity contribution in [3.05, 3.63) is 29.6 Å². The number of carbonyl (C=O) groups is 1. The van der Waals surface area contributed by atoms with Gasteiger partial charge in [0.1, 0.15) is 6.61 Å². The first kappa shape index (κ1) is 14.4. The van der Waals surface area contributed by atoms with Crippen LogP contribution in [0.2, 0.25) is 0 Å². The third-order valence-electron chi connectivity index (χ3n) is 3.72. The van der Waals surface area contributed by atoms with Crippen molar-refractivity contribution in [2.75, 3.05) is 6.61 Å². The Morgan fingerprint density at radius 1 is 1.60 bits per heavy atom. The highest BCUT2D eigenvalue weighted by atomic mass is 19.1. The molecule has 1 N–H and O–H groups in total. The predicted molar refractivity (Wildman–Crippen MR) is 75.0 cm³/mol. The van der Waals surface area contributed by atoms with E-state index in [1.165, 1.54) is 24.6 Å². The van der Waals surface area contributed by atoms with Crippen molar-refractivity contribution in [3.8, 4) is 18.1 Å². The quantitative estimate of drug-likeness (QED) is 0.839. The average Bonchev–Trinajstić information content (AvgIpc) is 2.35. The Balaban J connectivity index is 1.99. The van der Waals surface area contributed by atoms with Crippen LogP contribution in [0.3, 0.4) is 0 Å². The largest absolute Gasteiger partial charge is 0.478 e. The first-order chi connectivity index (χ1) is 9.61. The van der Waals surface area contributed by atoms with E-state index in [0.717, 1.165) is 12.8 Å². The smallest absolute Gasteiger partial charge is 0.251 e. The van der Waals surface area contributed by atoms with Crippen LogP contribution in [-0.4, -0.2) is 18.6 Å². The maximum atomic E-state index is 13.7. The van der Waals surface area contributed by atoms with Gasteiger partial charge in [-0.3, -0.25) is 4.79 Å². The minimum absolute atomic E-state index is 0.00117. The average molecular weight is 275 g/mol. The van der Waals surface area contributed by atoms with Gasteiger partial charge in [-0.1, -0.05) is 12.3 Å². The molecular weight excluding hydrogens is 257 g/mol. The Hall–Kier alpha value is -2.02. The van der Waals surface area contributed by atoms with Crippen LogP contribution in [-0.2, 0) is 0 Å². The van der Waals surface area contributed by atoms with Crippen LogP contribution in [0, 0.1) is 24.1 Å². The van der Waals surface area contributed by atoms with Crippen molar-refractivity contribution in [1.29, 1.82) is 0 Å². The van der Waals surface area contributed by atoms with Crippen molar-refractivity contribution < 1.29 is 13.9 Å². The fraction of sp³-hybridized carbons (Fsp3) is 0.438. The molecule has 3 nitrogen and oxygen atoms in total. The summed E-state index contributed by atoms with van der Waals surface area (Å²) in [7, 11) is 0. The van der Waals surface area contributed by atoms with E-state index in [0.29, 0.717) is 11.5 Å². The van der Waals surface area contributed by atoms with Gasteiger partial charge >= 0.3 is 0 Å². The van der Waals surface area contributed by atoms with Crippen molar-refractivity contribution >= 4 is 5.91 Å². The van der Waals surface area contributed by atoms with Gasteiger partial charge in [-0.25, -0.2) is 4.39 Å². The zero-order valence-electron chi connectivity index (χ0n) is 11.5. The molecule has 1 unspecified atom stereocenters. The molecule has 0 bridgehead atoms. The fourth-order valence-corrected chi connectivity index (χ4v) is 2.23. The molecule has 0 aliphatic heterocycles. The van der Waals surface area contributed by atoms with Crippen LogP contribution >= 0.6 is 0 Å². The number of rotatable bonds is 5. The summed E-state index contributed by atoms with van der Waals surface area (Å²) >= 11 is 0. The minimum atomic E-state index is -0.579. The summed E-state index contributed by atoms with van der Waals surface area (Å²) in [5.41, 5.74) is 0.293. The van der Waals surface area contributed by atoms with E-state index >= 15 is 0 Å². The Morgan fingerprint density at radius 2 is 2.35 bits per heavy atom. The van der Waals surface area contributed by atoms with Gasteiger partial charge < -0.3 is 10.1 Å². The van der Waals surface area contributed by atoms with Gasteiger partial charge in [0.25, 0.3) is 5.91 Å². The van der Waals surface area contributed by atoms with E-state index < -0.39 is 5.82 Å². The number of halogens is 1. The van der Waals surface area contributed by atoms with Crippen LogP contribution in [0.25, 0.3) is 0 Å². The molecule has 4 heteroatoms. The topological polar surface area (TPSA) is 38.3 Å². The lowest BCUT2D eigenvalue weighted by atomic mass is 9.80. The van der Waals surface area contributed by atoms with E-state index in [2.05, 4.69) is 11.2 Å². The Bertz CT molecular complexity index is 532. The van der Waals surface area contributed by atoms with E-state index in [-0.39, 0.29) is 24.3 Å². The summed E-state index contributed by atoms with van der Waals surface area (Å²) in [6, 6.07) is 4.26. The molecular formula is C16H18FNO2. The molecule has 1 aliphatic carbocycles. The number of carbonyl (C=O) groups excluding carboxylic acids is 1. The predicted octanol–water partition coefficient (Wildman–Crippen LogP) is 2.76. The molecule has 1 aliphatic rings. The fourth-order valence-electron chi connectivity index (χ4n) is 2.23. The Morgan fingerprint density at radius 3 is 2.90 bits per heavy atom. The number of hydrogen-bond acceptors (Lipinski definition) is 2. The molecule has 1 aromatic rings. The molecule has 1 saturated carbocycles. The van der Waals surface area contributed by atoms with Crippen LogP contribution in [0.1, 0.15) is 36.5 Å². The molecule has 1 fully saturated rings. The third kappa shape index (κ3) is 3.30. The molecule has 0 spiro atoms. The number of nitrogens with one attached hydrogen (secondary N) is 1. The summed E-state index contributed by atoms with van der Waals surface area (Å²) in [6.07, 6.45) is 8.56. The van der Waals surface area contributed by atoms with Crippen molar-refractivity contribution in [1.82, 2.24) is 5.32 Å². The SMILES string of the molecule is C#CCOc1ccc(C(=O)NC(C)C2CCC2)cc1F. The summed E-state index contributed by atoms with van der Waals surface area (Å²) < 4.78 is 18.8. The number of amides is 1. The monoisotopic (exact) mass is 275 g/mol. The van der Waals surface area contributed by atoms with Crippen molar-refractivity contribution in [3.63, 3.8) is 0 Å². The minimum Gasteiger partial charge on any atom is -0.478 e. The van der Waals surface area contributed by atoms with Crippen LogP contribution in [0.5, 0.6) is 5.75 Å². The maximum absolute atomic E-state index is 13.7. The van der Waals surface area contributed by atoms with Crippen molar-refractivity contribution in [2.24, 2.45) is 5.92 Å². The zero-order valence-corrected chi connectivity index (χ0v) is 11.5. The zero-order chi connectivity index (χ0) is 14.5. The Labute approximate surface area is 118 Å². The summed E-state index contributed by atoms with van der Waals surface area (Å²) in [4.78, 5) is 12.0. The number of ether oxygens (including phenoxy) is 1. The highest BCUT2D eigenvalue weighted by Crippen LogP contribution is 2.29. The molecule has 106 valence electrons. The van der Waals surface area contributed by atoms with E-state index in [9.17, 15) is 9.18 Å². The third-order valence-corrected chi connectivity index (χ3v) is 3.72. The van der Waals surface area contributed by atoms with Gasteiger partial charge in [-0.15, -0.1) is 6.42 Å². The molecule has 0 heterocycles. The highest BCUT2D eigenvalue weighted by molar-refractivity contribution is 5.94. The normalized spacial score (nSPS) is 15.8. The first-order valence-corrected chi connectivity index (χ1v) is 6.78. The lowest BCUT2D eigenvalue weighted by molar-refractivity contribution is 0.0908. The lowest BCUT2D eigenvalue weighted by Gasteiger charge is -2.31. The van der Waals surface area contributed by atoms with Crippen LogP contribution in [0.4, 0.5) is 4.39 Å². The van der Waals surface area contributed by atoms with Gasteiger partial charge in [-0.2, -0.15) is 0 Å². The molecule has 0 aromatic heterocycles. The number of benzene rings is 1. The van der Waals surface area contributed by atoms with Gasteiger partial charge in [0, 0.05) is 11.6 Å². The lowest BCUT2D eigenvalue weighted by Crippen LogP contribution is -2.40. The molecule has 1 atom stereocenters. The molecule has 0 saturated heterocycles. The highest BCUT2D eigenvalue weighted by Gasteiger charge is 2.25. The molecule has 1 aromatic carbocycles. The van der Waals surface area contributed by atoms with Gasteiger partial charge in [-0.05, 0) is 43.9 Å². The van der Waals surface area contributed by atoms with E-state index in [1.54, 1.807) is 0 Å². The van der Waals surface area contributed by atoms with E-state index in [1.807, 2.05) is 6.92 Å². The summed E-state index contributed by atoms with van der Waals surface area (Å²) in [5.74, 6) is 2.03. The van der Waals surface area contributed by atoms with Crippen LogP contribution < -0.4 is 10.1 Å². The summed E-state index contributed by atoms with van der Waals surface area (Å²) in [6.45, 7) is 1.99. The van der Waals surface area contributed by atoms with E-state index in [4.69, 9.17) is 11.2 Å². The second-order valence-corrected chi connectivity index (χ2v) is 5.09. The van der Waals surface area contributed by atoms with Gasteiger partial charge in [0.2, 0.25) is 0 Å². The first-order valence-electron chi connectivity index (χ1n) is 6.78. The van der Waals surface area contributed by atoms with Crippen molar-refractivity contribution in [2.45, 2.75) is 32.2 Å². The Kier molecular flexibility index (Phi) is 4.62. The standard InChI is InChI=1S/C16H18FNO2/c1-3-9-20-15-8-7-13(10-14(15)17)16(19)18-11(2)12-5-4-6-12/h1,7-8,10-12H,4-6,9H2,2H3,(H,18,19). The summed E-state index contributed by atoms with van der Waals surface area (Å²) in [5, 5.41) is 2.91. The van der Waals surface area contributed by atoms with Gasteiger partial charge in [0.05, 0.1) is 0 Å². The molecule has 2 rings (SSSR count).